The standard InChI is InChI=1S/C8H19NO2/c1-7(6-11-3)4-9-8(2)5-10/h7-10H,4-6H2,1-3H3. The molecule has 2 unspecified atom stereocenters. The predicted molar refractivity (Wildman–Crippen MR) is 45.6 cm³/mol. The van der Waals surface area contributed by atoms with Crippen LogP contribution in [0.1, 0.15) is 13.8 Å². The summed E-state index contributed by atoms with van der Waals surface area (Å²) in [4.78, 5) is 0. The van der Waals surface area contributed by atoms with Gasteiger partial charge in [0.25, 0.3) is 0 Å². The summed E-state index contributed by atoms with van der Waals surface area (Å²) >= 11 is 0. The van der Waals surface area contributed by atoms with Gasteiger partial charge in [-0.1, -0.05) is 6.92 Å². The van der Waals surface area contributed by atoms with Gasteiger partial charge < -0.3 is 15.2 Å². The van der Waals surface area contributed by atoms with Crippen LogP contribution in [0.4, 0.5) is 0 Å². The topological polar surface area (TPSA) is 41.5 Å². The molecule has 0 heterocycles. The van der Waals surface area contributed by atoms with Crippen molar-refractivity contribution in [2.45, 2.75) is 19.9 Å². The van der Waals surface area contributed by atoms with Crippen LogP contribution in [0, 0.1) is 5.92 Å². The van der Waals surface area contributed by atoms with Crippen molar-refractivity contribution < 1.29 is 9.84 Å². The maximum atomic E-state index is 8.68. The van der Waals surface area contributed by atoms with Crippen molar-refractivity contribution in [2.24, 2.45) is 5.92 Å². The van der Waals surface area contributed by atoms with Gasteiger partial charge in [-0.05, 0) is 12.8 Å². The van der Waals surface area contributed by atoms with Crippen molar-refractivity contribution in [3.63, 3.8) is 0 Å². The lowest BCUT2D eigenvalue weighted by Gasteiger charge is -2.14. The average Bonchev–Trinajstić information content (AvgIpc) is 2.01. The van der Waals surface area contributed by atoms with Crippen molar-refractivity contribution in [2.75, 3.05) is 26.9 Å². The van der Waals surface area contributed by atoms with E-state index < -0.39 is 0 Å². The zero-order valence-electron chi connectivity index (χ0n) is 7.63. The molecule has 0 aromatic heterocycles. The van der Waals surface area contributed by atoms with E-state index in [1.54, 1.807) is 7.11 Å². The van der Waals surface area contributed by atoms with Gasteiger partial charge in [-0.2, -0.15) is 0 Å². The monoisotopic (exact) mass is 161 g/mol. The van der Waals surface area contributed by atoms with E-state index >= 15 is 0 Å². The molecule has 0 aliphatic rings. The predicted octanol–water partition coefficient (Wildman–Crippen LogP) is 0.239. The summed E-state index contributed by atoms with van der Waals surface area (Å²) in [5, 5.41) is 11.9. The van der Waals surface area contributed by atoms with Gasteiger partial charge in [-0.15, -0.1) is 0 Å². The number of rotatable bonds is 6. The Morgan fingerprint density at radius 2 is 2.09 bits per heavy atom. The Labute approximate surface area is 68.8 Å². The fraction of sp³-hybridized carbons (Fsp3) is 1.00. The molecule has 0 radical (unpaired) electrons. The average molecular weight is 161 g/mol. The van der Waals surface area contributed by atoms with Crippen molar-refractivity contribution in [3.05, 3.63) is 0 Å². The molecule has 3 heteroatoms. The molecule has 68 valence electrons. The first-order valence-electron chi connectivity index (χ1n) is 4.03. The van der Waals surface area contributed by atoms with Crippen LogP contribution >= 0.6 is 0 Å². The second-order valence-electron chi connectivity index (χ2n) is 3.05. The molecule has 0 fully saturated rings. The van der Waals surface area contributed by atoms with E-state index in [9.17, 15) is 0 Å². The Morgan fingerprint density at radius 1 is 1.45 bits per heavy atom. The van der Waals surface area contributed by atoms with E-state index in [-0.39, 0.29) is 12.6 Å². The molecule has 0 bridgehead atoms. The summed E-state index contributed by atoms with van der Waals surface area (Å²) in [6.07, 6.45) is 0. The Morgan fingerprint density at radius 3 is 2.55 bits per heavy atom. The van der Waals surface area contributed by atoms with Crippen LogP contribution in [0.3, 0.4) is 0 Å². The van der Waals surface area contributed by atoms with Crippen LogP contribution in [0.25, 0.3) is 0 Å². The zero-order chi connectivity index (χ0) is 8.69. The van der Waals surface area contributed by atoms with Gasteiger partial charge in [0.05, 0.1) is 6.61 Å². The molecule has 0 amide bonds. The molecule has 0 aliphatic heterocycles. The first-order chi connectivity index (χ1) is 5.20. The van der Waals surface area contributed by atoms with Crippen LogP contribution in [-0.4, -0.2) is 38.0 Å². The number of aliphatic hydroxyl groups excluding tert-OH is 1. The third-order valence-corrected chi connectivity index (χ3v) is 1.54. The van der Waals surface area contributed by atoms with Gasteiger partial charge in [0.15, 0.2) is 0 Å². The van der Waals surface area contributed by atoms with Gasteiger partial charge >= 0.3 is 0 Å². The van der Waals surface area contributed by atoms with Crippen molar-refractivity contribution in [1.82, 2.24) is 5.32 Å². The third kappa shape index (κ3) is 6.28. The number of nitrogens with one attached hydrogen (secondary N) is 1. The molecule has 0 aromatic carbocycles. The Hall–Kier alpha value is -0.120. The fourth-order valence-electron chi connectivity index (χ4n) is 0.810. The minimum absolute atomic E-state index is 0.189. The largest absolute Gasteiger partial charge is 0.395 e. The van der Waals surface area contributed by atoms with Crippen LogP contribution in [0.5, 0.6) is 0 Å². The molecule has 0 rings (SSSR count). The molecule has 2 N–H and O–H groups in total. The highest BCUT2D eigenvalue weighted by molar-refractivity contribution is 4.61. The van der Waals surface area contributed by atoms with E-state index in [4.69, 9.17) is 9.84 Å². The minimum Gasteiger partial charge on any atom is -0.395 e. The number of hydrogen-bond donors (Lipinski definition) is 2. The Bertz CT molecular complexity index is 88.2. The zero-order valence-corrected chi connectivity index (χ0v) is 7.63. The first kappa shape index (κ1) is 10.9. The lowest BCUT2D eigenvalue weighted by Crippen LogP contribution is -2.34. The maximum absolute atomic E-state index is 8.68. The van der Waals surface area contributed by atoms with Crippen LogP contribution < -0.4 is 5.32 Å². The number of ether oxygens (including phenoxy) is 1. The van der Waals surface area contributed by atoms with Crippen LogP contribution in [0.15, 0.2) is 0 Å². The molecule has 0 aliphatic carbocycles. The van der Waals surface area contributed by atoms with E-state index in [0.717, 1.165) is 13.2 Å². The van der Waals surface area contributed by atoms with E-state index in [1.165, 1.54) is 0 Å². The molecule has 11 heavy (non-hydrogen) atoms. The highest BCUT2D eigenvalue weighted by Crippen LogP contribution is 1.92. The smallest absolute Gasteiger partial charge is 0.0581 e. The molecule has 0 aromatic rings. The van der Waals surface area contributed by atoms with Gasteiger partial charge in [0, 0.05) is 26.3 Å². The van der Waals surface area contributed by atoms with Gasteiger partial charge in [-0.3, -0.25) is 0 Å². The molecular weight excluding hydrogens is 142 g/mol. The SMILES string of the molecule is COCC(C)CNC(C)CO. The lowest BCUT2D eigenvalue weighted by atomic mass is 10.2. The van der Waals surface area contributed by atoms with Crippen LogP contribution in [0.2, 0.25) is 0 Å². The molecule has 0 saturated heterocycles. The Balaban J connectivity index is 3.22. The third-order valence-electron chi connectivity index (χ3n) is 1.54. The second kappa shape index (κ2) is 6.58. The summed E-state index contributed by atoms with van der Waals surface area (Å²) in [6.45, 7) is 5.93. The highest BCUT2D eigenvalue weighted by atomic mass is 16.5. The Kier molecular flexibility index (Phi) is 6.51. The molecular formula is C8H19NO2. The summed E-state index contributed by atoms with van der Waals surface area (Å²) in [7, 11) is 1.70. The lowest BCUT2D eigenvalue weighted by molar-refractivity contribution is 0.154. The van der Waals surface area contributed by atoms with Crippen molar-refractivity contribution >= 4 is 0 Å². The highest BCUT2D eigenvalue weighted by Gasteiger charge is 2.03. The number of aliphatic hydroxyl groups is 1. The van der Waals surface area contributed by atoms with Crippen LogP contribution in [-0.2, 0) is 4.74 Å². The van der Waals surface area contributed by atoms with E-state index in [1.807, 2.05) is 6.92 Å². The van der Waals surface area contributed by atoms with Crippen molar-refractivity contribution in [1.29, 1.82) is 0 Å². The number of hydrogen-bond acceptors (Lipinski definition) is 3. The van der Waals surface area contributed by atoms with Gasteiger partial charge in [0.2, 0.25) is 0 Å². The molecule has 0 spiro atoms. The summed E-state index contributed by atoms with van der Waals surface area (Å²) in [5.41, 5.74) is 0. The summed E-state index contributed by atoms with van der Waals surface area (Å²) in [6, 6.07) is 0.189. The maximum Gasteiger partial charge on any atom is 0.0581 e. The molecule has 3 nitrogen and oxygen atoms in total. The molecule has 2 atom stereocenters. The quantitative estimate of drug-likeness (QED) is 0.586. The van der Waals surface area contributed by atoms with Crippen molar-refractivity contribution in [3.8, 4) is 0 Å². The van der Waals surface area contributed by atoms with E-state index in [2.05, 4.69) is 12.2 Å². The van der Waals surface area contributed by atoms with E-state index in [0.29, 0.717) is 5.92 Å². The molecule has 0 saturated carbocycles. The fourth-order valence-corrected chi connectivity index (χ4v) is 0.810. The van der Waals surface area contributed by atoms with Gasteiger partial charge in [0.1, 0.15) is 0 Å². The number of methoxy groups -OCH3 is 1. The minimum atomic E-state index is 0.189. The van der Waals surface area contributed by atoms with Gasteiger partial charge in [-0.25, -0.2) is 0 Å². The summed E-state index contributed by atoms with van der Waals surface area (Å²) < 4.78 is 4.97. The normalized spacial score (nSPS) is 16.4. The first-order valence-corrected chi connectivity index (χ1v) is 4.03. The summed E-state index contributed by atoms with van der Waals surface area (Å²) in [5.74, 6) is 0.508. The second-order valence-corrected chi connectivity index (χ2v) is 3.05.